The maximum Gasteiger partial charge on any atom is 0.116 e. The molecule has 2 rings (SSSR count). The number of rotatable bonds is 1. The normalized spacial score (nSPS) is 24.1. The Balaban J connectivity index is 0.000000252. The second-order valence-electron chi connectivity index (χ2n) is 4.73. The van der Waals surface area contributed by atoms with E-state index in [-0.39, 0.29) is 0 Å². The minimum Gasteiger partial charge on any atom is -0.314 e. The first-order valence-corrected chi connectivity index (χ1v) is 7.10. The van der Waals surface area contributed by atoms with Crippen LogP contribution in [-0.2, 0) is 4.79 Å². The van der Waals surface area contributed by atoms with Crippen molar-refractivity contribution >= 4 is 6.29 Å². The predicted molar refractivity (Wildman–Crippen MR) is 74.4 cm³/mol. The molecule has 2 fully saturated rings. The van der Waals surface area contributed by atoms with E-state index in [1.807, 2.05) is 0 Å². The summed E-state index contributed by atoms with van der Waals surface area (Å²) in [7, 11) is 0. The van der Waals surface area contributed by atoms with Gasteiger partial charge in [0.05, 0.1) is 0 Å². The molecule has 0 radical (unpaired) electrons. The van der Waals surface area contributed by atoms with E-state index in [2.05, 4.69) is 24.1 Å². The Morgan fingerprint density at radius 2 is 1.82 bits per heavy atom. The molecule has 1 N–H and O–H groups in total. The minimum absolute atomic E-state index is 0.750. The van der Waals surface area contributed by atoms with Crippen LogP contribution in [0.15, 0.2) is 0 Å². The lowest BCUT2D eigenvalue weighted by molar-refractivity contribution is -0.106. The average Bonchev–Trinajstić information content (AvgIpc) is 2.83. The first-order chi connectivity index (χ1) is 8.24. The quantitative estimate of drug-likeness (QED) is 0.717. The fraction of sp³-hybridized carbons (Fsp3) is 0.929. The molecule has 2 saturated heterocycles. The summed E-state index contributed by atoms with van der Waals surface area (Å²) in [6, 6.07) is 0.796. The largest absolute Gasteiger partial charge is 0.314 e. The molecule has 102 valence electrons. The number of carbonyl (C=O) groups is 1. The van der Waals surface area contributed by atoms with E-state index < -0.39 is 0 Å². The Hall–Kier alpha value is -0.410. The van der Waals surface area contributed by atoms with Gasteiger partial charge in [0.15, 0.2) is 0 Å². The van der Waals surface area contributed by atoms with Crippen molar-refractivity contribution in [2.24, 2.45) is 0 Å². The van der Waals surface area contributed by atoms with Gasteiger partial charge in [-0.15, -0.1) is 0 Å². The molecule has 17 heavy (non-hydrogen) atoms. The molecule has 0 spiro atoms. The van der Waals surface area contributed by atoms with E-state index in [0.29, 0.717) is 0 Å². The molecule has 2 aliphatic heterocycles. The summed E-state index contributed by atoms with van der Waals surface area (Å²) in [6.45, 7) is 11.1. The van der Waals surface area contributed by atoms with E-state index in [0.717, 1.165) is 12.3 Å². The first kappa shape index (κ1) is 16.6. The van der Waals surface area contributed by atoms with Crippen LogP contribution in [-0.4, -0.2) is 43.4 Å². The Morgan fingerprint density at radius 3 is 2.06 bits per heavy atom. The molecule has 0 aliphatic carbocycles. The molecule has 0 aromatic carbocycles. The van der Waals surface area contributed by atoms with Gasteiger partial charge in [-0.1, -0.05) is 13.3 Å². The van der Waals surface area contributed by atoms with Crippen LogP contribution >= 0.6 is 0 Å². The molecular weight excluding hydrogens is 212 g/mol. The van der Waals surface area contributed by atoms with Crippen LogP contribution in [0.4, 0.5) is 0 Å². The van der Waals surface area contributed by atoms with Gasteiger partial charge in [0.1, 0.15) is 6.29 Å². The number of nitrogens with zero attached hydrogens (tertiary/aromatic N) is 1. The summed E-state index contributed by atoms with van der Waals surface area (Å²) >= 11 is 0. The van der Waals surface area contributed by atoms with Gasteiger partial charge in [-0.3, -0.25) is 0 Å². The Labute approximate surface area is 107 Å². The predicted octanol–water partition coefficient (Wildman–Crippen LogP) is 2.46. The summed E-state index contributed by atoms with van der Waals surface area (Å²) in [5, 5.41) is 3.32. The summed E-state index contributed by atoms with van der Waals surface area (Å²) in [5.41, 5.74) is 0. The molecule has 3 nitrogen and oxygen atoms in total. The summed E-state index contributed by atoms with van der Waals surface area (Å²) in [6.07, 6.45) is 7.80. The molecule has 3 heteroatoms. The minimum atomic E-state index is 0.750. The van der Waals surface area contributed by atoms with E-state index >= 15 is 0 Å². The van der Waals surface area contributed by atoms with Gasteiger partial charge >= 0.3 is 0 Å². The van der Waals surface area contributed by atoms with Crippen molar-refractivity contribution in [1.82, 2.24) is 10.2 Å². The zero-order valence-electron chi connectivity index (χ0n) is 11.9. The van der Waals surface area contributed by atoms with Crippen molar-refractivity contribution in [1.29, 1.82) is 0 Å². The summed E-state index contributed by atoms with van der Waals surface area (Å²) < 4.78 is 0. The van der Waals surface area contributed by atoms with E-state index in [1.54, 1.807) is 0 Å². The Kier molecular flexibility index (Phi) is 11.8. The molecule has 0 aromatic rings. The molecule has 2 aliphatic rings. The van der Waals surface area contributed by atoms with Crippen molar-refractivity contribution in [3.63, 3.8) is 0 Å². The first-order valence-electron chi connectivity index (χ1n) is 7.10. The third-order valence-electron chi connectivity index (χ3n) is 3.20. The molecule has 0 bridgehead atoms. The van der Waals surface area contributed by atoms with E-state index in [1.165, 1.54) is 65.2 Å². The van der Waals surface area contributed by atoms with Crippen LogP contribution in [0.2, 0.25) is 0 Å². The standard InChI is InChI=1S/C7H15N.C5H11N.C2H4O/c1-2-8-6-4-3-5-7-8;1-5-3-2-4-6-5;1-2-3/h2-7H2,1H3;5-6H,2-4H2,1H3;2H,1H3. The maximum atomic E-state index is 8.81. The molecule has 0 amide bonds. The SMILES string of the molecule is CC1CCCN1.CC=O.CCN1CCCCC1. The monoisotopic (exact) mass is 242 g/mol. The van der Waals surface area contributed by atoms with E-state index in [9.17, 15) is 0 Å². The lowest BCUT2D eigenvalue weighted by Gasteiger charge is -2.24. The third-order valence-corrected chi connectivity index (χ3v) is 3.20. The number of piperidine rings is 1. The highest BCUT2D eigenvalue weighted by Gasteiger charge is 2.06. The van der Waals surface area contributed by atoms with Gasteiger partial charge < -0.3 is 15.0 Å². The average molecular weight is 242 g/mol. The number of likely N-dealkylation sites (tertiary alicyclic amines) is 1. The maximum absolute atomic E-state index is 8.81. The van der Waals surface area contributed by atoms with Crippen LogP contribution in [0, 0.1) is 0 Å². The number of carbonyl (C=O) groups excluding carboxylic acids is 1. The highest BCUT2D eigenvalue weighted by atomic mass is 16.1. The molecular formula is C14H30N2O. The highest BCUT2D eigenvalue weighted by molar-refractivity contribution is 5.44. The fourth-order valence-corrected chi connectivity index (χ4v) is 2.13. The number of aldehydes is 1. The topological polar surface area (TPSA) is 32.3 Å². The van der Waals surface area contributed by atoms with Crippen molar-refractivity contribution in [2.75, 3.05) is 26.2 Å². The lowest BCUT2D eigenvalue weighted by atomic mass is 10.1. The molecule has 0 aromatic heterocycles. The number of hydrogen-bond donors (Lipinski definition) is 1. The van der Waals surface area contributed by atoms with Crippen molar-refractivity contribution in [3.8, 4) is 0 Å². The number of hydrogen-bond acceptors (Lipinski definition) is 3. The number of nitrogens with one attached hydrogen (secondary N) is 1. The molecule has 2 heterocycles. The van der Waals surface area contributed by atoms with Crippen LogP contribution in [0.1, 0.15) is 52.9 Å². The zero-order chi connectivity index (χ0) is 12.9. The van der Waals surface area contributed by atoms with Crippen LogP contribution in [0.3, 0.4) is 0 Å². The van der Waals surface area contributed by atoms with Crippen molar-refractivity contribution < 1.29 is 4.79 Å². The smallest absolute Gasteiger partial charge is 0.116 e. The van der Waals surface area contributed by atoms with E-state index in [4.69, 9.17) is 4.79 Å². The van der Waals surface area contributed by atoms with Gasteiger partial charge in [-0.2, -0.15) is 0 Å². The van der Waals surface area contributed by atoms with Gasteiger partial charge in [0.25, 0.3) is 0 Å². The third kappa shape index (κ3) is 10.5. The van der Waals surface area contributed by atoms with Crippen molar-refractivity contribution in [2.45, 2.75) is 58.9 Å². The van der Waals surface area contributed by atoms with Gasteiger partial charge in [0.2, 0.25) is 0 Å². The van der Waals surface area contributed by atoms with Crippen LogP contribution in [0.5, 0.6) is 0 Å². The van der Waals surface area contributed by atoms with Crippen LogP contribution < -0.4 is 5.32 Å². The second kappa shape index (κ2) is 12.1. The molecule has 1 unspecified atom stereocenters. The lowest BCUT2D eigenvalue weighted by Crippen LogP contribution is -2.29. The molecule has 0 saturated carbocycles. The Morgan fingerprint density at radius 1 is 1.24 bits per heavy atom. The highest BCUT2D eigenvalue weighted by Crippen LogP contribution is 2.06. The zero-order valence-corrected chi connectivity index (χ0v) is 11.9. The molecule has 1 atom stereocenters. The van der Waals surface area contributed by atoms with Gasteiger partial charge in [0, 0.05) is 6.04 Å². The summed E-state index contributed by atoms with van der Waals surface area (Å²) in [5.74, 6) is 0. The van der Waals surface area contributed by atoms with Gasteiger partial charge in [-0.25, -0.2) is 0 Å². The summed E-state index contributed by atoms with van der Waals surface area (Å²) in [4.78, 5) is 11.3. The van der Waals surface area contributed by atoms with Crippen molar-refractivity contribution in [3.05, 3.63) is 0 Å². The van der Waals surface area contributed by atoms with Gasteiger partial charge in [-0.05, 0) is 65.7 Å². The second-order valence-corrected chi connectivity index (χ2v) is 4.73. The Bertz CT molecular complexity index is 162. The fourth-order valence-electron chi connectivity index (χ4n) is 2.13. The van der Waals surface area contributed by atoms with Crippen LogP contribution in [0.25, 0.3) is 0 Å².